The summed E-state index contributed by atoms with van der Waals surface area (Å²) in [6.07, 6.45) is 5.25. The summed E-state index contributed by atoms with van der Waals surface area (Å²) in [5.41, 5.74) is 8.38. The van der Waals surface area contributed by atoms with E-state index in [4.69, 9.17) is 9.47 Å². The van der Waals surface area contributed by atoms with Gasteiger partial charge in [-0.15, -0.1) is 0 Å². The van der Waals surface area contributed by atoms with Crippen LogP contribution in [0.5, 0.6) is 11.5 Å². The van der Waals surface area contributed by atoms with Gasteiger partial charge in [-0.25, -0.2) is 0 Å². The van der Waals surface area contributed by atoms with Crippen molar-refractivity contribution < 1.29 is 9.47 Å². The number of nitrogens with zero attached hydrogens (tertiary/aromatic N) is 2. The highest BCUT2D eigenvalue weighted by Gasteiger charge is 2.12. The lowest BCUT2D eigenvalue weighted by atomic mass is 10.0. The monoisotopic (exact) mass is 361 g/mol. The summed E-state index contributed by atoms with van der Waals surface area (Å²) in [6, 6.07) is 14.3. The predicted octanol–water partition coefficient (Wildman–Crippen LogP) is 5.06. The summed E-state index contributed by atoms with van der Waals surface area (Å²) >= 11 is 0. The van der Waals surface area contributed by atoms with Gasteiger partial charge in [-0.2, -0.15) is 5.10 Å². The van der Waals surface area contributed by atoms with Crippen molar-refractivity contribution in [2.24, 2.45) is 5.10 Å². The Balaban J connectivity index is 1.58. The molecule has 0 saturated heterocycles. The molecule has 5 heteroatoms. The summed E-state index contributed by atoms with van der Waals surface area (Å²) in [5.74, 6) is 1.53. The van der Waals surface area contributed by atoms with E-state index in [9.17, 15) is 0 Å². The first-order valence-corrected chi connectivity index (χ1v) is 9.32. The maximum atomic E-state index is 5.41. The maximum Gasteiger partial charge on any atom is 0.231 e. The van der Waals surface area contributed by atoms with E-state index in [1.54, 1.807) is 6.21 Å². The molecule has 5 nitrogen and oxygen atoms in total. The highest BCUT2D eigenvalue weighted by Crippen LogP contribution is 2.32. The quantitative estimate of drug-likeness (QED) is 0.492. The highest BCUT2D eigenvalue weighted by atomic mass is 16.7. The fraction of sp³-hybridized carbons (Fsp3) is 0.273. The van der Waals surface area contributed by atoms with E-state index in [1.165, 1.54) is 18.4 Å². The van der Waals surface area contributed by atoms with Gasteiger partial charge in [0.25, 0.3) is 0 Å². The van der Waals surface area contributed by atoms with Crippen LogP contribution < -0.4 is 14.9 Å². The van der Waals surface area contributed by atoms with Gasteiger partial charge in [0.2, 0.25) is 6.79 Å². The fourth-order valence-electron chi connectivity index (χ4n) is 3.20. The van der Waals surface area contributed by atoms with Crippen molar-refractivity contribution in [2.75, 3.05) is 12.2 Å². The Morgan fingerprint density at radius 3 is 2.89 bits per heavy atom. The second-order valence-corrected chi connectivity index (χ2v) is 6.75. The molecule has 1 aromatic heterocycles. The average Bonchev–Trinajstić information content (AvgIpc) is 3.14. The zero-order valence-corrected chi connectivity index (χ0v) is 15.7. The number of ether oxygens (including phenoxy) is 2. The second-order valence-electron chi connectivity index (χ2n) is 6.75. The molecule has 0 radical (unpaired) electrons. The molecule has 138 valence electrons. The van der Waals surface area contributed by atoms with Crippen LogP contribution in [0, 0.1) is 6.92 Å². The SMILES string of the molecule is CCCCc1ccc2nc(C)cc(N/N=C/c3ccc4c(c3)OCO4)c2c1. The van der Waals surface area contributed by atoms with Gasteiger partial charge in [-0.05, 0) is 67.3 Å². The number of hydrogen-bond donors (Lipinski definition) is 1. The van der Waals surface area contributed by atoms with E-state index in [1.807, 2.05) is 31.2 Å². The van der Waals surface area contributed by atoms with Crippen molar-refractivity contribution in [3.8, 4) is 11.5 Å². The van der Waals surface area contributed by atoms with Crippen LogP contribution in [0.15, 0.2) is 47.6 Å². The van der Waals surface area contributed by atoms with E-state index >= 15 is 0 Å². The second kappa shape index (κ2) is 7.66. The van der Waals surface area contributed by atoms with Crippen LogP contribution in [0.1, 0.15) is 36.6 Å². The first-order valence-electron chi connectivity index (χ1n) is 9.32. The van der Waals surface area contributed by atoms with Gasteiger partial charge < -0.3 is 9.47 Å². The number of benzene rings is 2. The Labute approximate surface area is 159 Å². The molecule has 0 bridgehead atoms. The van der Waals surface area contributed by atoms with Crippen molar-refractivity contribution in [2.45, 2.75) is 33.1 Å². The molecular formula is C22H23N3O2. The number of hydrogen-bond acceptors (Lipinski definition) is 5. The smallest absolute Gasteiger partial charge is 0.231 e. The number of aromatic nitrogens is 1. The van der Waals surface area contributed by atoms with Crippen LogP contribution in [0.25, 0.3) is 10.9 Å². The molecule has 1 N–H and O–H groups in total. The largest absolute Gasteiger partial charge is 0.454 e. The molecule has 2 aromatic carbocycles. The third kappa shape index (κ3) is 3.87. The molecule has 0 unspecified atom stereocenters. The van der Waals surface area contributed by atoms with Crippen LogP contribution in [-0.2, 0) is 6.42 Å². The molecule has 0 saturated carbocycles. The van der Waals surface area contributed by atoms with Crippen LogP contribution in [0.2, 0.25) is 0 Å². The molecule has 4 rings (SSSR count). The number of anilines is 1. The highest BCUT2D eigenvalue weighted by molar-refractivity contribution is 5.92. The molecule has 2 heterocycles. The van der Waals surface area contributed by atoms with Gasteiger partial charge >= 0.3 is 0 Å². The minimum Gasteiger partial charge on any atom is -0.454 e. The fourth-order valence-corrected chi connectivity index (χ4v) is 3.20. The van der Waals surface area contributed by atoms with Crippen LogP contribution in [0.3, 0.4) is 0 Å². The van der Waals surface area contributed by atoms with Gasteiger partial charge in [-0.3, -0.25) is 10.4 Å². The lowest BCUT2D eigenvalue weighted by Crippen LogP contribution is -1.96. The molecule has 0 fully saturated rings. The Bertz CT molecular complexity index is 998. The first-order chi connectivity index (χ1) is 13.2. The number of pyridine rings is 1. The summed E-state index contributed by atoms with van der Waals surface area (Å²) in [7, 11) is 0. The lowest BCUT2D eigenvalue weighted by Gasteiger charge is -2.09. The molecular weight excluding hydrogens is 338 g/mol. The van der Waals surface area contributed by atoms with E-state index in [-0.39, 0.29) is 6.79 Å². The van der Waals surface area contributed by atoms with Crippen molar-refractivity contribution in [3.05, 3.63) is 59.3 Å². The van der Waals surface area contributed by atoms with Crippen molar-refractivity contribution in [3.63, 3.8) is 0 Å². The average molecular weight is 361 g/mol. The van der Waals surface area contributed by atoms with Gasteiger partial charge in [-0.1, -0.05) is 19.4 Å². The van der Waals surface area contributed by atoms with Crippen molar-refractivity contribution >= 4 is 22.8 Å². The normalized spacial score (nSPS) is 12.8. The zero-order valence-electron chi connectivity index (χ0n) is 15.7. The van der Waals surface area contributed by atoms with Crippen molar-refractivity contribution in [1.29, 1.82) is 0 Å². The predicted molar refractivity (Wildman–Crippen MR) is 109 cm³/mol. The number of fused-ring (bicyclic) bond motifs is 2. The Kier molecular flexibility index (Phi) is 4.92. The van der Waals surface area contributed by atoms with E-state index in [0.29, 0.717) is 0 Å². The molecule has 27 heavy (non-hydrogen) atoms. The third-order valence-electron chi connectivity index (χ3n) is 4.62. The molecule has 0 aliphatic carbocycles. The first kappa shape index (κ1) is 17.3. The molecule has 1 aliphatic rings. The lowest BCUT2D eigenvalue weighted by molar-refractivity contribution is 0.174. The third-order valence-corrected chi connectivity index (χ3v) is 4.62. The Morgan fingerprint density at radius 2 is 2.00 bits per heavy atom. The summed E-state index contributed by atoms with van der Waals surface area (Å²) in [5, 5.41) is 5.52. The van der Waals surface area contributed by atoms with E-state index in [0.717, 1.165) is 45.8 Å². The van der Waals surface area contributed by atoms with Crippen LogP contribution in [0.4, 0.5) is 5.69 Å². The topological polar surface area (TPSA) is 55.7 Å². The summed E-state index contributed by atoms with van der Waals surface area (Å²) in [6.45, 7) is 4.48. The maximum absolute atomic E-state index is 5.41. The molecule has 0 amide bonds. The van der Waals surface area contributed by atoms with Crippen molar-refractivity contribution in [1.82, 2.24) is 4.98 Å². The summed E-state index contributed by atoms with van der Waals surface area (Å²) in [4.78, 5) is 4.64. The minimum atomic E-state index is 0.275. The molecule has 3 aromatic rings. The zero-order chi connectivity index (χ0) is 18.6. The van der Waals surface area contributed by atoms with Gasteiger partial charge in [0, 0.05) is 11.1 Å². The summed E-state index contributed by atoms with van der Waals surface area (Å²) < 4.78 is 10.7. The molecule has 0 atom stereocenters. The number of nitrogens with one attached hydrogen (secondary N) is 1. The van der Waals surface area contributed by atoms with E-state index < -0.39 is 0 Å². The Hall–Kier alpha value is -3.08. The van der Waals surface area contributed by atoms with Gasteiger partial charge in [0.15, 0.2) is 11.5 Å². The van der Waals surface area contributed by atoms with Crippen LogP contribution >= 0.6 is 0 Å². The van der Waals surface area contributed by atoms with E-state index in [2.05, 4.69) is 40.6 Å². The van der Waals surface area contributed by atoms with Gasteiger partial charge in [0.05, 0.1) is 17.4 Å². The number of hydrazone groups is 1. The minimum absolute atomic E-state index is 0.275. The number of rotatable bonds is 6. The molecule has 1 aliphatic heterocycles. The van der Waals surface area contributed by atoms with Gasteiger partial charge in [0.1, 0.15) is 0 Å². The standard InChI is InChI=1S/C22H23N3O2/c1-3-4-5-16-6-8-19-18(11-16)20(10-15(2)24-19)25-23-13-17-7-9-21-22(12-17)27-14-26-21/h6-13H,3-5,14H2,1-2H3,(H,24,25)/b23-13+. The van der Waals surface area contributed by atoms with Crippen LogP contribution in [-0.4, -0.2) is 18.0 Å². The molecule has 0 spiro atoms. The Morgan fingerprint density at radius 1 is 1.11 bits per heavy atom. The number of aryl methyl sites for hydroxylation is 2. The number of unbranched alkanes of at least 4 members (excludes halogenated alkanes) is 1.